The van der Waals surface area contributed by atoms with Gasteiger partial charge in [0.15, 0.2) is 0 Å². The van der Waals surface area contributed by atoms with Crippen LogP contribution < -0.4 is 0 Å². The third-order valence-corrected chi connectivity index (χ3v) is 8.20. The number of hydrogen-bond donors (Lipinski definition) is 0. The molecule has 0 atom stereocenters. The first-order valence-electron chi connectivity index (χ1n) is 17.9. The van der Waals surface area contributed by atoms with E-state index in [-0.39, 0.29) is 104 Å². The SMILES string of the molecule is CCCCCCCCCCCCCCCCCC(=O)OC(=O)CCCCCCCCCCCCCCCCC.[Ba+2].[Ca+2].[H-].[H-].[H-].[H-]. The van der Waals surface area contributed by atoms with Crippen molar-refractivity contribution in [2.24, 2.45) is 0 Å². The summed E-state index contributed by atoms with van der Waals surface area (Å²) in [5.41, 5.74) is 0. The summed E-state index contributed by atoms with van der Waals surface area (Å²) in [6, 6.07) is 0. The van der Waals surface area contributed by atoms with Gasteiger partial charge in [0, 0.05) is 12.8 Å². The van der Waals surface area contributed by atoms with E-state index in [1.165, 1.54) is 167 Å². The Bertz CT molecular complexity index is 491. The van der Waals surface area contributed by atoms with E-state index in [2.05, 4.69) is 13.8 Å². The van der Waals surface area contributed by atoms with E-state index >= 15 is 0 Å². The van der Waals surface area contributed by atoms with Crippen molar-refractivity contribution >= 4 is 98.6 Å². The van der Waals surface area contributed by atoms with Crippen LogP contribution in [0.25, 0.3) is 0 Å². The van der Waals surface area contributed by atoms with Crippen molar-refractivity contribution in [3.63, 3.8) is 0 Å². The first-order chi connectivity index (χ1) is 19.2. The fourth-order valence-corrected chi connectivity index (χ4v) is 5.51. The summed E-state index contributed by atoms with van der Waals surface area (Å²) in [6.45, 7) is 4.55. The molecule has 0 fully saturated rings. The van der Waals surface area contributed by atoms with Crippen molar-refractivity contribution in [3.05, 3.63) is 0 Å². The second kappa shape index (κ2) is 42.0. The van der Waals surface area contributed by atoms with Gasteiger partial charge in [0.1, 0.15) is 0 Å². The van der Waals surface area contributed by atoms with Crippen LogP contribution in [0.2, 0.25) is 0 Å². The van der Waals surface area contributed by atoms with E-state index in [0.29, 0.717) is 12.8 Å². The van der Waals surface area contributed by atoms with Gasteiger partial charge in [-0.25, -0.2) is 0 Å². The molecule has 41 heavy (non-hydrogen) atoms. The standard InChI is InChI=1S/C36H70O3.Ba.Ca.4H/c1-3-5-7-9-11-13-15-17-19-21-23-25-27-29-31-33-35(37)39-36(38)34-32-30-28-26-24-22-20-18-16-14-12-10-8-6-4-2;;;;;;/h3-34H2,1-2H3;;;;;;/q;2*+2;4*-1. The molecule has 0 amide bonds. The van der Waals surface area contributed by atoms with Gasteiger partial charge in [-0.1, -0.05) is 194 Å². The molecule has 0 aliphatic carbocycles. The molecule has 0 aliphatic rings. The fourth-order valence-electron chi connectivity index (χ4n) is 5.51. The maximum atomic E-state index is 11.9. The second-order valence-corrected chi connectivity index (χ2v) is 12.2. The number of esters is 2. The van der Waals surface area contributed by atoms with Crippen LogP contribution in [0, 0.1) is 0 Å². The van der Waals surface area contributed by atoms with Crippen LogP contribution in [-0.4, -0.2) is 98.6 Å². The summed E-state index contributed by atoms with van der Waals surface area (Å²) in [5, 5.41) is 0. The normalized spacial score (nSPS) is 10.7. The molecule has 0 rings (SSSR count). The summed E-state index contributed by atoms with van der Waals surface area (Å²) >= 11 is 0. The van der Waals surface area contributed by atoms with Crippen molar-refractivity contribution in [1.82, 2.24) is 0 Å². The Balaban J connectivity index is -0.000000481. The molecule has 0 saturated heterocycles. The monoisotopic (exact) mass is 732 g/mol. The van der Waals surface area contributed by atoms with E-state index in [1.807, 2.05) is 0 Å². The van der Waals surface area contributed by atoms with Crippen LogP contribution in [0.4, 0.5) is 0 Å². The van der Waals surface area contributed by atoms with Crippen LogP contribution in [-0.2, 0) is 14.3 Å². The Morgan fingerprint density at radius 1 is 0.366 bits per heavy atom. The van der Waals surface area contributed by atoms with Crippen LogP contribution in [0.1, 0.15) is 225 Å². The maximum Gasteiger partial charge on any atom is 2.00 e. The molecular formula is C36H74BaCaO3. The summed E-state index contributed by atoms with van der Waals surface area (Å²) in [5.74, 6) is -0.647. The molecule has 0 heterocycles. The minimum absolute atomic E-state index is 0. The predicted octanol–water partition coefficient (Wildman–Crippen LogP) is 12.3. The zero-order chi connectivity index (χ0) is 28.5. The Kier molecular flexibility index (Phi) is 48.5. The largest absolute Gasteiger partial charge is 2.00 e. The third-order valence-electron chi connectivity index (χ3n) is 8.20. The molecule has 0 radical (unpaired) electrons. The summed E-state index contributed by atoms with van der Waals surface area (Å²) in [4.78, 5) is 23.8. The zero-order valence-corrected chi connectivity index (χ0v) is 34.9. The van der Waals surface area contributed by atoms with Crippen molar-refractivity contribution in [2.75, 3.05) is 0 Å². The van der Waals surface area contributed by atoms with Crippen LogP contribution in [0.5, 0.6) is 0 Å². The van der Waals surface area contributed by atoms with Gasteiger partial charge in [0.2, 0.25) is 0 Å². The number of hydrogen-bond acceptors (Lipinski definition) is 3. The molecule has 0 aliphatic heterocycles. The molecule has 0 unspecified atom stereocenters. The molecule has 0 bridgehead atoms. The number of carbonyl (C=O) groups excluding carboxylic acids is 2. The van der Waals surface area contributed by atoms with Gasteiger partial charge in [-0.05, 0) is 12.8 Å². The number of rotatable bonds is 32. The van der Waals surface area contributed by atoms with Crippen molar-refractivity contribution < 1.29 is 20.0 Å². The van der Waals surface area contributed by atoms with Crippen LogP contribution >= 0.6 is 0 Å². The van der Waals surface area contributed by atoms with Crippen molar-refractivity contribution in [2.45, 2.75) is 219 Å². The summed E-state index contributed by atoms with van der Waals surface area (Å²) in [7, 11) is 0. The Morgan fingerprint density at radius 2 is 0.537 bits per heavy atom. The molecule has 0 aromatic heterocycles. The summed E-state index contributed by atoms with van der Waals surface area (Å²) < 4.78 is 5.01. The van der Waals surface area contributed by atoms with E-state index in [4.69, 9.17) is 4.74 Å². The summed E-state index contributed by atoms with van der Waals surface area (Å²) in [6.07, 6.45) is 40.1. The molecular weight excluding hydrogens is 658 g/mol. The average Bonchev–Trinajstić information content (AvgIpc) is 2.93. The van der Waals surface area contributed by atoms with Crippen LogP contribution in [0.3, 0.4) is 0 Å². The maximum absolute atomic E-state index is 11.9. The average molecular weight is 732 g/mol. The van der Waals surface area contributed by atoms with Gasteiger partial charge >= 0.3 is 98.6 Å². The van der Waals surface area contributed by atoms with Gasteiger partial charge in [-0.3, -0.25) is 9.59 Å². The fraction of sp³-hybridized carbons (Fsp3) is 0.944. The Hall–Kier alpha value is 1.97. The minimum Gasteiger partial charge on any atom is -1.00 e. The molecule has 0 saturated carbocycles. The van der Waals surface area contributed by atoms with E-state index < -0.39 is 0 Å². The van der Waals surface area contributed by atoms with Gasteiger partial charge < -0.3 is 10.4 Å². The van der Waals surface area contributed by atoms with Gasteiger partial charge in [0.05, 0.1) is 0 Å². The molecule has 0 aromatic rings. The molecule has 0 aromatic carbocycles. The molecule has 5 heteroatoms. The second-order valence-electron chi connectivity index (χ2n) is 12.2. The molecule has 240 valence electrons. The molecule has 3 nitrogen and oxygen atoms in total. The Morgan fingerprint density at radius 3 is 0.732 bits per heavy atom. The number of unbranched alkanes of at least 4 members (excludes halogenated alkanes) is 28. The molecule has 0 spiro atoms. The van der Waals surface area contributed by atoms with Gasteiger partial charge in [-0.2, -0.15) is 0 Å². The first-order valence-corrected chi connectivity index (χ1v) is 17.9. The topological polar surface area (TPSA) is 43.4 Å². The van der Waals surface area contributed by atoms with Gasteiger partial charge in [0.25, 0.3) is 0 Å². The third kappa shape index (κ3) is 42.0. The predicted molar refractivity (Wildman–Crippen MR) is 186 cm³/mol. The van der Waals surface area contributed by atoms with E-state index in [0.717, 1.165) is 25.7 Å². The van der Waals surface area contributed by atoms with Crippen molar-refractivity contribution in [1.29, 1.82) is 0 Å². The van der Waals surface area contributed by atoms with E-state index in [9.17, 15) is 9.59 Å². The smallest absolute Gasteiger partial charge is 1.00 e. The van der Waals surface area contributed by atoms with Crippen LogP contribution in [0.15, 0.2) is 0 Å². The zero-order valence-electron chi connectivity index (χ0n) is 32.3. The number of ether oxygens (including phenoxy) is 1. The quantitative estimate of drug-likeness (QED) is 0.0299. The van der Waals surface area contributed by atoms with Gasteiger partial charge in [-0.15, -0.1) is 0 Å². The van der Waals surface area contributed by atoms with E-state index in [1.54, 1.807) is 0 Å². The Labute approximate surface area is 334 Å². The first kappa shape index (κ1) is 47.4. The minimum atomic E-state index is -0.323. The van der Waals surface area contributed by atoms with Crippen molar-refractivity contribution in [3.8, 4) is 0 Å². The number of carbonyl (C=O) groups is 2. The molecule has 0 N–H and O–H groups in total.